The maximum absolute atomic E-state index is 11.9. The van der Waals surface area contributed by atoms with Crippen molar-refractivity contribution in [3.05, 3.63) is 0 Å². The third-order valence-electron chi connectivity index (χ3n) is 2.38. The summed E-state index contributed by atoms with van der Waals surface area (Å²) in [6.07, 6.45) is 1.64. The van der Waals surface area contributed by atoms with Crippen molar-refractivity contribution in [3.63, 3.8) is 0 Å². The first-order valence-corrected chi connectivity index (χ1v) is 6.35. The van der Waals surface area contributed by atoms with Crippen LogP contribution in [0.15, 0.2) is 4.99 Å². The Morgan fingerprint density at radius 1 is 1.57 bits per heavy atom. The van der Waals surface area contributed by atoms with Crippen LogP contribution in [0, 0.1) is 11.8 Å². The number of rotatable bonds is 5. The highest BCUT2D eigenvalue weighted by Crippen LogP contribution is 2.26. The highest BCUT2D eigenvalue weighted by Gasteiger charge is 2.28. The zero-order chi connectivity index (χ0) is 10.6. The summed E-state index contributed by atoms with van der Waals surface area (Å²) in [5.74, 6) is 1.88. The van der Waals surface area contributed by atoms with Gasteiger partial charge in [-0.1, -0.05) is 20.8 Å². The standard InChI is InChI=1S/C11H19NOS/c1-4-5-9(13)10(8(2)3)11-12-6-7-14-11/h8,10H,4-7H2,1-3H3. The second-order valence-electron chi connectivity index (χ2n) is 4.01. The van der Waals surface area contributed by atoms with Crippen LogP contribution in [0.3, 0.4) is 0 Å². The second kappa shape index (κ2) is 5.54. The van der Waals surface area contributed by atoms with E-state index in [0.717, 1.165) is 23.8 Å². The summed E-state index contributed by atoms with van der Waals surface area (Å²) in [6, 6.07) is 0. The van der Waals surface area contributed by atoms with Gasteiger partial charge in [0.25, 0.3) is 0 Å². The lowest BCUT2D eigenvalue weighted by Crippen LogP contribution is -2.26. The van der Waals surface area contributed by atoms with Crippen LogP contribution in [-0.4, -0.2) is 23.1 Å². The Morgan fingerprint density at radius 2 is 2.29 bits per heavy atom. The van der Waals surface area contributed by atoms with Crippen LogP contribution < -0.4 is 0 Å². The van der Waals surface area contributed by atoms with Gasteiger partial charge in [-0.2, -0.15) is 0 Å². The number of nitrogens with zero attached hydrogens (tertiary/aromatic N) is 1. The smallest absolute Gasteiger partial charge is 0.142 e. The number of Topliss-reactive ketones (excluding diaryl/α,β-unsaturated/α-hetero) is 1. The Kier molecular flexibility index (Phi) is 4.66. The first-order chi connectivity index (χ1) is 6.66. The Labute approximate surface area is 90.6 Å². The van der Waals surface area contributed by atoms with Crippen molar-refractivity contribution in [2.24, 2.45) is 16.8 Å². The third-order valence-corrected chi connectivity index (χ3v) is 3.45. The van der Waals surface area contributed by atoms with Gasteiger partial charge < -0.3 is 0 Å². The van der Waals surface area contributed by atoms with E-state index in [9.17, 15) is 4.79 Å². The number of hydrogen-bond acceptors (Lipinski definition) is 3. The van der Waals surface area contributed by atoms with Gasteiger partial charge in [-0.3, -0.25) is 9.79 Å². The molecule has 0 amide bonds. The van der Waals surface area contributed by atoms with Crippen molar-refractivity contribution in [1.82, 2.24) is 0 Å². The molecule has 1 atom stereocenters. The lowest BCUT2D eigenvalue weighted by Gasteiger charge is -2.18. The van der Waals surface area contributed by atoms with Crippen molar-refractivity contribution in [1.29, 1.82) is 0 Å². The molecule has 0 bridgehead atoms. The van der Waals surface area contributed by atoms with E-state index >= 15 is 0 Å². The number of ketones is 1. The molecule has 3 heteroatoms. The van der Waals surface area contributed by atoms with E-state index in [1.807, 2.05) is 0 Å². The van der Waals surface area contributed by atoms with Gasteiger partial charge in [0.05, 0.1) is 11.0 Å². The van der Waals surface area contributed by atoms with Crippen LogP contribution in [-0.2, 0) is 4.79 Å². The summed E-state index contributed by atoms with van der Waals surface area (Å²) in [7, 11) is 0. The molecule has 2 nitrogen and oxygen atoms in total. The molecule has 0 fully saturated rings. The van der Waals surface area contributed by atoms with Crippen LogP contribution in [0.4, 0.5) is 0 Å². The summed E-state index contributed by atoms with van der Waals surface area (Å²) in [6.45, 7) is 7.17. The quantitative estimate of drug-likeness (QED) is 0.703. The third kappa shape index (κ3) is 2.84. The minimum absolute atomic E-state index is 0.0717. The SMILES string of the molecule is CCCC(=O)C(C1=NCCS1)C(C)C. The van der Waals surface area contributed by atoms with E-state index in [0.29, 0.717) is 18.1 Å². The van der Waals surface area contributed by atoms with Crippen molar-refractivity contribution in [3.8, 4) is 0 Å². The monoisotopic (exact) mass is 213 g/mol. The summed E-state index contributed by atoms with van der Waals surface area (Å²) in [5.41, 5.74) is 0. The van der Waals surface area contributed by atoms with E-state index in [-0.39, 0.29) is 5.92 Å². The highest BCUT2D eigenvalue weighted by molar-refractivity contribution is 8.14. The first kappa shape index (κ1) is 11.8. The predicted octanol–water partition coefficient (Wildman–Crippen LogP) is 2.77. The molecule has 0 saturated heterocycles. The lowest BCUT2D eigenvalue weighted by molar-refractivity contribution is -0.121. The molecule has 1 aliphatic heterocycles. The molecule has 1 aliphatic rings. The zero-order valence-corrected chi connectivity index (χ0v) is 10.1. The Morgan fingerprint density at radius 3 is 2.71 bits per heavy atom. The van der Waals surface area contributed by atoms with E-state index in [1.165, 1.54) is 0 Å². The number of carbonyl (C=O) groups is 1. The fourth-order valence-corrected chi connectivity index (χ4v) is 2.89. The number of thioether (sulfide) groups is 1. The predicted molar refractivity (Wildman–Crippen MR) is 63.0 cm³/mol. The Hall–Kier alpha value is -0.310. The summed E-state index contributed by atoms with van der Waals surface area (Å²) < 4.78 is 0. The molecule has 1 heterocycles. The normalized spacial score (nSPS) is 18.4. The average Bonchev–Trinajstić information content (AvgIpc) is 2.57. The number of hydrogen-bond donors (Lipinski definition) is 0. The summed E-state index contributed by atoms with van der Waals surface area (Å²) in [5, 5.41) is 1.08. The maximum atomic E-state index is 11.9. The summed E-state index contributed by atoms with van der Waals surface area (Å²) >= 11 is 1.76. The molecule has 80 valence electrons. The molecule has 1 rings (SSSR count). The van der Waals surface area contributed by atoms with Crippen LogP contribution in [0.25, 0.3) is 0 Å². The van der Waals surface area contributed by atoms with Crippen LogP contribution >= 0.6 is 11.8 Å². The average molecular weight is 213 g/mol. The molecule has 0 aromatic heterocycles. The van der Waals surface area contributed by atoms with Gasteiger partial charge in [-0.05, 0) is 12.3 Å². The first-order valence-electron chi connectivity index (χ1n) is 5.36. The van der Waals surface area contributed by atoms with Crippen LogP contribution in [0.2, 0.25) is 0 Å². The number of aliphatic imine (C=N–C) groups is 1. The van der Waals surface area contributed by atoms with Crippen LogP contribution in [0.1, 0.15) is 33.6 Å². The Bertz CT molecular complexity index is 235. The van der Waals surface area contributed by atoms with Gasteiger partial charge in [0.2, 0.25) is 0 Å². The number of carbonyl (C=O) groups excluding carboxylic acids is 1. The molecule has 14 heavy (non-hydrogen) atoms. The van der Waals surface area contributed by atoms with E-state index in [2.05, 4.69) is 25.8 Å². The van der Waals surface area contributed by atoms with Crippen molar-refractivity contribution in [2.45, 2.75) is 33.6 Å². The molecule has 0 aromatic carbocycles. The van der Waals surface area contributed by atoms with Gasteiger partial charge in [0, 0.05) is 18.7 Å². The van der Waals surface area contributed by atoms with Gasteiger partial charge in [-0.15, -0.1) is 11.8 Å². The van der Waals surface area contributed by atoms with E-state index in [4.69, 9.17) is 0 Å². The Balaban J connectivity index is 2.68. The van der Waals surface area contributed by atoms with Gasteiger partial charge in [-0.25, -0.2) is 0 Å². The highest BCUT2D eigenvalue weighted by atomic mass is 32.2. The summed E-state index contributed by atoms with van der Waals surface area (Å²) in [4.78, 5) is 16.3. The maximum Gasteiger partial charge on any atom is 0.142 e. The van der Waals surface area contributed by atoms with Gasteiger partial charge in [0.1, 0.15) is 5.78 Å². The lowest BCUT2D eigenvalue weighted by atomic mass is 9.90. The molecule has 0 radical (unpaired) electrons. The zero-order valence-electron chi connectivity index (χ0n) is 9.25. The minimum atomic E-state index is 0.0717. The fourth-order valence-electron chi connectivity index (χ4n) is 1.74. The fraction of sp³-hybridized carbons (Fsp3) is 0.818. The molecule has 0 aromatic rings. The topological polar surface area (TPSA) is 29.4 Å². The molecule has 0 aliphatic carbocycles. The molecule has 0 N–H and O–H groups in total. The minimum Gasteiger partial charge on any atom is -0.299 e. The van der Waals surface area contributed by atoms with E-state index < -0.39 is 0 Å². The van der Waals surface area contributed by atoms with Crippen LogP contribution in [0.5, 0.6) is 0 Å². The molecular formula is C11H19NOS. The molecule has 0 spiro atoms. The van der Waals surface area contributed by atoms with Crippen molar-refractivity contribution >= 4 is 22.6 Å². The largest absolute Gasteiger partial charge is 0.299 e. The van der Waals surface area contributed by atoms with Crippen molar-refractivity contribution in [2.75, 3.05) is 12.3 Å². The van der Waals surface area contributed by atoms with Gasteiger partial charge >= 0.3 is 0 Å². The van der Waals surface area contributed by atoms with Crippen molar-refractivity contribution < 1.29 is 4.79 Å². The molecule has 0 saturated carbocycles. The molecule has 1 unspecified atom stereocenters. The van der Waals surface area contributed by atoms with E-state index in [1.54, 1.807) is 11.8 Å². The second-order valence-corrected chi connectivity index (χ2v) is 5.12. The van der Waals surface area contributed by atoms with Gasteiger partial charge in [0.15, 0.2) is 0 Å². The molecular weight excluding hydrogens is 194 g/mol.